The molecule has 0 aliphatic rings. The summed E-state index contributed by atoms with van der Waals surface area (Å²) in [6.45, 7) is 3.36. The van der Waals surface area contributed by atoms with E-state index in [1.165, 1.54) is 18.3 Å². The molecule has 0 fully saturated rings. The minimum absolute atomic E-state index is 0.107. The van der Waals surface area contributed by atoms with Gasteiger partial charge in [0, 0.05) is 23.7 Å². The minimum Gasteiger partial charge on any atom is -0.326 e. The highest BCUT2D eigenvalue weighted by Crippen LogP contribution is 2.22. The van der Waals surface area contributed by atoms with Crippen LogP contribution in [0.3, 0.4) is 0 Å². The largest absolute Gasteiger partial charge is 0.326 e. The van der Waals surface area contributed by atoms with Gasteiger partial charge in [-0.25, -0.2) is 4.98 Å². The molecule has 1 aromatic carbocycles. The number of allylic oxidation sites excluding steroid dienone is 1. The van der Waals surface area contributed by atoms with Crippen LogP contribution in [0, 0.1) is 18.3 Å². The van der Waals surface area contributed by atoms with Gasteiger partial charge in [0.1, 0.15) is 11.1 Å². The Morgan fingerprint density at radius 3 is 2.60 bits per heavy atom. The molecule has 4 nitrogen and oxygen atoms in total. The maximum atomic E-state index is 10.9. The summed E-state index contributed by atoms with van der Waals surface area (Å²) in [5.41, 5.74) is 3.07. The number of anilines is 1. The zero-order valence-corrected chi connectivity index (χ0v) is 12.0. The summed E-state index contributed by atoms with van der Waals surface area (Å²) in [7, 11) is 0. The van der Waals surface area contributed by atoms with Gasteiger partial charge in [0.2, 0.25) is 5.91 Å². The van der Waals surface area contributed by atoms with Gasteiger partial charge in [-0.15, -0.1) is 11.3 Å². The molecule has 0 saturated heterocycles. The van der Waals surface area contributed by atoms with Crippen molar-refractivity contribution in [3.05, 3.63) is 45.9 Å². The predicted molar refractivity (Wildman–Crippen MR) is 81.1 cm³/mol. The summed E-state index contributed by atoms with van der Waals surface area (Å²) < 4.78 is 0. The fraction of sp³-hybridized carbons (Fsp3) is 0.133. The monoisotopic (exact) mass is 283 g/mol. The van der Waals surface area contributed by atoms with Crippen LogP contribution >= 0.6 is 11.3 Å². The Bertz CT molecular complexity index is 693. The maximum Gasteiger partial charge on any atom is 0.221 e. The smallest absolute Gasteiger partial charge is 0.221 e. The third-order valence-electron chi connectivity index (χ3n) is 2.51. The molecule has 1 N–H and O–H groups in total. The molecule has 0 spiro atoms. The van der Waals surface area contributed by atoms with E-state index in [4.69, 9.17) is 0 Å². The number of carbonyl (C=O) groups is 1. The molecule has 1 amide bonds. The van der Waals surface area contributed by atoms with E-state index in [0.717, 1.165) is 22.0 Å². The van der Waals surface area contributed by atoms with Gasteiger partial charge in [-0.3, -0.25) is 4.79 Å². The molecule has 0 atom stereocenters. The molecule has 0 aliphatic heterocycles. The first-order valence-corrected chi connectivity index (χ1v) is 6.88. The number of amides is 1. The highest BCUT2D eigenvalue weighted by atomic mass is 32.1. The molecule has 100 valence electrons. The van der Waals surface area contributed by atoms with Gasteiger partial charge in [-0.2, -0.15) is 5.26 Å². The SMILES string of the molecule is CC(=O)Nc1ccc(C=C(C#N)c2nc(C)cs2)cc1. The van der Waals surface area contributed by atoms with Crippen LogP contribution in [-0.4, -0.2) is 10.9 Å². The van der Waals surface area contributed by atoms with Gasteiger partial charge in [0.25, 0.3) is 0 Å². The van der Waals surface area contributed by atoms with Crippen LogP contribution in [-0.2, 0) is 4.79 Å². The molecule has 5 heteroatoms. The third kappa shape index (κ3) is 3.53. The summed E-state index contributed by atoms with van der Waals surface area (Å²) in [6.07, 6.45) is 1.79. The lowest BCUT2D eigenvalue weighted by Gasteiger charge is -2.02. The van der Waals surface area contributed by atoms with Gasteiger partial charge in [-0.1, -0.05) is 12.1 Å². The van der Waals surface area contributed by atoms with Crippen LogP contribution in [0.5, 0.6) is 0 Å². The van der Waals surface area contributed by atoms with Crippen molar-refractivity contribution in [3.63, 3.8) is 0 Å². The first-order chi connectivity index (χ1) is 9.58. The van der Waals surface area contributed by atoms with Crippen LogP contribution in [0.2, 0.25) is 0 Å². The number of nitriles is 1. The van der Waals surface area contributed by atoms with Crippen LogP contribution in [0.25, 0.3) is 11.6 Å². The lowest BCUT2D eigenvalue weighted by molar-refractivity contribution is -0.114. The highest BCUT2D eigenvalue weighted by molar-refractivity contribution is 7.11. The van der Waals surface area contributed by atoms with Crippen LogP contribution < -0.4 is 5.32 Å². The van der Waals surface area contributed by atoms with E-state index in [0.29, 0.717) is 5.57 Å². The Morgan fingerprint density at radius 1 is 1.40 bits per heavy atom. The van der Waals surface area contributed by atoms with Crippen LogP contribution in [0.15, 0.2) is 29.6 Å². The highest BCUT2D eigenvalue weighted by Gasteiger charge is 2.05. The minimum atomic E-state index is -0.107. The van der Waals surface area contributed by atoms with Crippen molar-refractivity contribution in [2.75, 3.05) is 5.32 Å². The summed E-state index contributed by atoms with van der Waals surface area (Å²) in [5.74, 6) is -0.107. The molecule has 0 aliphatic carbocycles. The van der Waals surface area contributed by atoms with E-state index in [1.807, 2.05) is 24.4 Å². The van der Waals surface area contributed by atoms with Gasteiger partial charge >= 0.3 is 0 Å². The molecule has 2 aromatic rings. The van der Waals surface area contributed by atoms with Crippen molar-refractivity contribution >= 4 is 34.6 Å². The molecular weight excluding hydrogens is 270 g/mol. The number of benzene rings is 1. The predicted octanol–water partition coefficient (Wildman–Crippen LogP) is 3.47. The molecule has 1 aromatic heterocycles. The molecule has 0 radical (unpaired) electrons. The van der Waals surface area contributed by atoms with Crippen molar-refractivity contribution in [3.8, 4) is 6.07 Å². The lowest BCUT2D eigenvalue weighted by Crippen LogP contribution is -2.05. The van der Waals surface area contributed by atoms with Crippen molar-refractivity contribution < 1.29 is 4.79 Å². The Hall–Kier alpha value is -2.45. The van der Waals surface area contributed by atoms with Crippen LogP contribution in [0.4, 0.5) is 5.69 Å². The average Bonchev–Trinajstić information content (AvgIpc) is 2.84. The number of hydrogen-bond donors (Lipinski definition) is 1. The topological polar surface area (TPSA) is 65.8 Å². The zero-order valence-electron chi connectivity index (χ0n) is 11.2. The number of rotatable bonds is 3. The lowest BCUT2D eigenvalue weighted by atomic mass is 10.1. The van der Waals surface area contributed by atoms with Gasteiger partial charge in [0.05, 0.1) is 5.57 Å². The summed E-state index contributed by atoms with van der Waals surface area (Å²) in [6, 6.07) is 9.47. The van der Waals surface area contributed by atoms with E-state index in [9.17, 15) is 10.1 Å². The standard InChI is InChI=1S/C15H13N3OS/c1-10-9-20-15(17-10)13(8-16)7-12-3-5-14(6-4-12)18-11(2)19/h3-7,9H,1-2H3,(H,18,19). The molecule has 1 heterocycles. The fourth-order valence-electron chi connectivity index (χ4n) is 1.65. The van der Waals surface area contributed by atoms with Gasteiger partial charge in [-0.05, 0) is 30.7 Å². The Morgan fingerprint density at radius 2 is 2.10 bits per heavy atom. The number of nitrogens with one attached hydrogen (secondary N) is 1. The molecule has 0 unspecified atom stereocenters. The average molecular weight is 283 g/mol. The molecule has 0 bridgehead atoms. The Kier molecular flexibility index (Phi) is 4.28. The first-order valence-electron chi connectivity index (χ1n) is 6.00. The fourth-order valence-corrected chi connectivity index (χ4v) is 2.42. The molecule has 0 saturated carbocycles. The van der Waals surface area contributed by atoms with Gasteiger partial charge in [0.15, 0.2) is 0 Å². The molecule has 20 heavy (non-hydrogen) atoms. The molecular formula is C15H13N3OS. The summed E-state index contributed by atoms with van der Waals surface area (Å²) in [4.78, 5) is 15.2. The van der Waals surface area contributed by atoms with E-state index in [-0.39, 0.29) is 5.91 Å². The second kappa shape index (κ2) is 6.13. The Labute approximate surface area is 121 Å². The Balaban J connectivity index is 2.25. The second-order valence-corrected chi connectivity index (χ2v) is 5.13. The van der Waals surface area contributed by atoms with Crippen molar-refractivity contribution in [2.24, 2.45) is 0 Å². The molecule has 2 rings (SSSR count). The normalized spacial score (nSPS) is 10.9. The van der Waals surface area contributed by atoms with E-state index >= 15 is 0 Å². The second-order valence-electron chi connectivity index (χ2n) is 4.27. The summed E-state index contributed by atoms with van der Waals surface area (Å²) in [5, 5.41) is 14.5. The number of aryl methyl sites for hydroxylation is 1. The number of nitrogens with zero attached hydrogens (tertiary/aromatic N) is 2. The van der Waals surface area contributed by atoms with Crippen molar-refractivity contribution in [1.82, 2.24) is 4.98 Å². The maximum absolute atomic E-state index is 10.9. The number of aromatic nitrogens is 1. The van der Waals surface area contributed by atoms with E-state index in [1.54, 1.807) is 18.2 Å². The quantitative estimate of drug-likeness (QED) is 0.877. The number of thiazole rings is 1. The number of carbonyl (C=O) groups excluding carboxylic acids is 1. The number of hydrogen-bond acceptors (Lipinski definition) is 4. The summed E-state index contributed by atoms with van der Waals surface area (Å²) >= 11 is 1.45. The van der Waals surface area contributed by atoms with Crippen molar-refractivity contribution in [2.45, 2.75) is 13.8 Å². The van der Waals surface area contributed by atoms with Crippen LogP contribution in [0.1, 0.15) is 23.2 Å². The third-order valence-corrected chi connectivity index (χ3v) is 3.51. The zero-order chi connectivity index (χ0) is 14.5. The van der Waals surface area contributed by atoms with Gasteiger partial charge < -0.3 is 5.32 Å². The van der Waals surface area contributed by atoms with E-state index in [2.05, 4.69) is 16.4 Å². The van der Waals surface area contributed by atoms with Crippen molar-refractivity contribution in [1.29, 1.82) is 5.26 Å². The first kappa shape index (κ1) is 14.0. The van der Waals surface area contributed by atoms with E-state index < -0.39 is 0 Å².